The van der Waals surface area contributed by atoms with Gasteiger partial charge in [0.2, 0.25) is 0 Å². The van der Waals surface area contributed by atoms with Gasteiger partial charge in [-0.25, -0.2) is 0 Å². The lowest BCUT2D eigenvalue weighted by Crippen LogP contribution is -2.27. The van der Waals surface area contributed by atoms with E-state index < -0.39 is 0 Å². The van der Waals surface area contributed by atoms with Crippen molar-refractivity contribution >= 4 is 49.1 Å². The highest BCUT2D eigenvalue weighted by Crippen LogP contribution is 2.27. The highest BCUT2D eigenvalue weighted by molar-refractivity contribution is 9.11. The Hall–Kier alpha value is 0.130. The van der Waals surface area contributed by atoms with Crippen LogP contribution in [0.4, 0.5) is 0 Å². The van der Waals surface area contributed by atoms with Gasteiger partial charge in [0.15, 0.2) is 0 Å². The van der Waals surface area contributed by atoms with Crippen LogP contribution in [0.25, 0.3) is 0 Å². The van der Waals surface area contributed by atoms with Crippen molar-refractivity contribution in [3.05, 3.63) is 20.3 Å². The predicted molar refractivity (Wildman–Crippen MR) is 72.1 cm³/mol. The Labute approximate surface area is 111 Å². The summed E-state index contributed by atoms with van der Waals surface area (Å²) in [5.41, 5.74) is 1.12. The van der Waals surface area contributed by atoms with Crippen LogP contribution in [0, 0.1) is 6.92 Å². The number of nitrogens with zero attached hydrogens (tertiary/aromatic N) is 1. The van der Waals surface area contributed by atoms with E-state index in [0.717, 1.165) is 32.5 Å². The van der Waals surface area contributed by atoms with Crippen molar-refractivity contribution in [2.45, 2.75) is 13.3 Å². The van der Waals surface area contributed by atoms with Crippen LogP contribution in [0.1, 0.15) is 21.7 Å². The Balaban J connectivity index is 2.67. The second-order valence-electron chi connectivity index (χ2n) is 3.34. The lowest BCUT2D eigenvalue weighted by molar-refractivity contribution is 0.0800. The Kier molecular flexibility index (Phi) is 5.29. The van der Waals surface area contributed by atoms with Crippen LogP contribution in [-0.2, 0) is 0 Å². The van der Waals surface area contributed by atoms with E-state index in [1.54, 1.807) is 4.90 Å². The van der Waals surface area contributed by atoms with Crippen molar-refractivity contribution < 1.29 is 4.79 Å². The van der Waals surface area contributed by atoms with Crippen molar-refractivity contribution in [2.75, 3.05) is 18.9 Å². The van der Waals surface area contributed by atoms with Gasteiger partial charge in [0, 0.05) is 18.9 Å². The lowest BCUT2D eigenvalue weighted by Gasteiger charge is -2.14. The number of alkyl halides is 1. The molecule has 1 rings (SSSR count). The van der Waals surface area contributed by atoms with Crippen LogP contribution >= 0.6 is 43.2 Å². The van der Waals surface area contributed by atoms with Crippen LogP contribution in [0.15, 0.2) is 9.85 Å². The molecule has 0 N–H and O–H groups in total. The molecule has 0 aliphatic rings. The smallest absolute Gasteiger partial charge is 0.263 e. The summed E-state index contributed by atoms with van der Waals surface area (Å²) in [4.78, 5) is 14.5. The number of carbonyl (C=O) groups excluding carboxylic acids is 1. The number of hydrogen-bond donors (Lipinski definition) is 0. The third kappa shape index (κ3) is 3.57. The second-order valence-corrected chi connectivity index (χ2v) is 6.50. The number of amides is 1. The maximum atomic E-state index is 11.9. The number of halogens is 2. The van der Waals surface area contributed by atoms with E-state index in [9.17, 15) is 4.79 Å². The molecule has 0 aliphatic heterocycles. The second kappa shape index (κ2) is 6.01. The Morgan fingerprint density at radius 1 is 1.60 bits per heavy atom. The first-order valence-corrected chi connectivity index (χ1v) is 7.36. The van der Waals surface area contributed by atoms with Crippen molar-refractivity contribution in [2.24, 2.45) is 0 Å². The lowest BCUT2D eigenvalue weighted by atomic mass is 10.3. The molecular formula is C10H13Br2NOS. The summed E-state index contributed by atoms with van der Waals surface area (Å²) in [6.45, 7) is 2.79. The summed E-state index contributed by atoms with van der Waals surface area (Å²) in [7, 11) is 1.84. The standard InChI is InChI=1S/C10H13Br2NOS/c1-7-6-8(15-9(7)12)10(14)13(2)5-3-4-11/h6H,3-5H2,1-2H3. The fourth-order valence-corrected chi connectivity index (χ4v) is 2.93. The molecule has 0 spiro atoms. The quantitative estimate of drug-likeness (QED) is 0.755. The molecule has 0 fully saturated rings. The Bertz CT molecular complexity index is 332. The molecule has 2 nitrogen and oxygen atoms in total. The SMILES string of the molecule is Cc1cc(C(=O)N(C)CCCBr)sc1Br. The van der Waals surface area contributed by atoms with E-state index >= 15 is 0 Å². The van der Waals surface area contributed by atoms with Gasteiger partial charge in [0.05, 0.1) is 8.66 Å². The molecule has 1 aromatic rings. The summed E-state index contributed by atoms with van der Waals surface area (Å²) in [6.07, 6.45) is 0.980. The zero-order valence-corrected chi connectivity index (χ0v) is 12.7. The molecule has 0 saturated carbocycles. The highest BCUT2D eigenvalue weighted by Gasteiger charge is 2.14. The Morgan fingerprint density at radius 3 is 2.73 bits per heavy atom. The molecular weight excluding hydrogens is 342 g/mol. The van der Waals surface area contributed by atoms with Crippen LogP contribution in [0.3, 0.4) is 0 Å². The normalized spacial score (nSPS) is 10.4. The first kappa shape index (κ1) is 13.2. The van der Waals surface area contributed by atoms with E-state index in [-0.39, 0.29) is 5.91 Å². The van der Waals surface area contributed by atoms with E-state index in [2.05, 4.69) is 31.9 Å². The van der Waals surface area contributed by atoms with Gasteiger partial charge in [0.1, 0.15) is 0 Å². The van der Waals surface area contributed by atoms with Gasteiger partial charge < -0.3 is 4.90 Å². The van der Waals surface area contributed by atoms with Gasteiger partial charge in [-0.15, -0.1) is 11.3 Å². The minimum atomic E-state index is 0.106. The maximum Gasteiger partial charge on any atom is 0.263 e. The summed E-state index contributed by atoms with van der Waals surface area (Å²) < 4.78 is 1.04. The molecule has 0 aromatic carbocycles. The average Bonchev–Trinajstić information content (AvgIpc) is 2.54. The van der Waals surface area contributed by atoms with E-state index in [1.165, 1.54) is 11.3 Å². The molecule has 1 amide bonds. The van der Waals surface area contributed by atoms with Crippen molar-refractivity contribution in [3.63, 3.8) is 0 Å². The number of aryl methyl sites for hydroxylation is 1. The average molecular weight is 355 g/mol. The molecule has 0 radical (unpaired) electrons. The molecule has 5 heteroatoms. The van der Waals surface area contributed by atoms with Crippen molar-refractivity contribution in [1.29, 1.82) is 0 Å². The molecule has 0 saturated heterocycles. The zero-order chi connectivity index (χ0) is 11.4. The van der Waals surface area contributed by atoms with Gasteiger partial charge >= 0.3 is 0 Å². The molecule has 0 atom stereocenters. The molecule has 0 unspecified atom stereocenters. The maximum absolute atomic E-state index is 11.9. The monoisotopic (exact) mass is 353 g/mol. The largest absolute Gasteiger partial charge is 0.341 e. The van der Waals surface area contributed by atoms with E-state index in [0.29, 0.717) is 0 Å². The molecule has 1 heterocycles. The van der Waals surface area contributed by atoms with Crippen LogP contribution in [0.5, 0.6) is 0 Å². The number of thiophene rings is 1. The van der Waals surface area contributed by atoms with Crippen LogP contribution in [0.2, 0.25) is 0 Å². The molecule has 15 heavy (non-hydrogen) atoms. The minimum Gasteiger partial charge on any atom is -0.341 e. The summed E-state index contributed by atoms with van der Waals surface area (Å²) in [5, 5.41) is 0.928. The first-order chi connectivity index (χ1) is 7.06. The molecule has 84 valence electrons. The fourth-order valence-electron chi connectivity index (χ4n) is 1.15. The minimum absolute atomic E-state index is 0.106. The fraction of sp³-hybridized carbons (Fsp3) is 0.500. The number of hydrogen-bond acceptors (Lipinski definition) is 2. The topological polar surface area (TPSA) is 20.3 Å². The van der Waals surface area contributed by atoms with E-state index in [4.69, 9.17) is 0 Å². The zero-order valence-electron chi connectivity index (χ0n) is 8.72. The van der Waals surface area contributed by atoms with Crippen molar-refractivity contribution in [3.8, 4) is 0 Å². The van der Waals surface area contributed by atoms with E-state index in [1.807, 2.05) is 20.0 Å². The first-order valence-electron chi connectivity index (χ1n) is 4.63. The molecule has 0 bridgehead atoms. The van der Waals surface area contributed by atoms with Gasteiger partial charge in [-0.1, -0.05) is 15.9 Å². The van der Waals surface area contributed by atoms with Crippen LogP contribution in [-0.4, -0.2) is 29.7 Å². The molecule has 0 aliphatic carbocycles. The third-order valence-corrected chi connectivity index (χ3v) is 4.73. The number of rotatable bonds is 4. The third-order valence-electron chi connectivity index (χ3n) is 2.04. The van der Waals surface area contributed by atoms with Gasteiger partial charge in [-0.05, 0) is 40.9 Å². The van der Waals surface area contributed by atoms with Gasteiger partial charge in [-0.3, -0.25) is 4.79 Å². The molecule has 1 aromatic heterocycles. The predicted octanol–water partition coefficient (Wildman–Crippen LogP) is 3.68. The van der Waals surface area contributed by atoms with Gasteiger partial charge in [0.25, 0.3) is 5.91 Å². The summed E-state index contributed by atoms with van der Waals surface area (Å²) in [6, 6.07) is 1.93. The van der Waals surface area contributed by atoms with Crippen molar-refractivity contribution in [1.82, 2.24) is 4.90 Å². The van der Waals surface area contributed by atoms with Crippen LogP contribution < -0.4 is 0 Å². The Morgan fingerprint density at radius 2 is 2.27 bits per heavy atom. The van der Waals surface area contributed by atoms with Gasteiger partial charge in [-0.2, -0.15) is 0 Å². The summed E-state index contributed by atoms with van der Waals surface area (Å²) in [5.74, 6) is 0.106. The summed E-state index contributed by atoms with van der Waals surface area (Å²) >= 11 is 8.28. The highest BCUT2D eigenvalue weighted by atomic mass is 79.9. The number of carbonyl (C=O) groups is 1.